The number of nitrogens with one attached hydrogen (secondary N) is 2. The van der Waals surface area contributed by atoms with Gasteiger partial charge in [0.1, 0.15) is 5.75 Å². The normalized spacial score (nSPS) is 10.5. The molecule has 0 saturated carbocycles. The minimum absolute atomic E-state index is 0.0765. The number of benzene rings is 2. The average molecular weight is 372 g/mol. The van der Waals surface area contributed by atoms with E-state index in [2.05, 4.69) is 10.6 Å². The molecule has 2 aromatic carbocycles. The molecule has 0 atom stereocenters. The molecule has 7 nitrogen and oxygen atoms in total. The van der Waals surface area contributed by atoms with Gasteiger partial charge in [-0.25, -0.2) is 4.79 Å². The molecule has 0 aliphatic rings. The maximum Gasteiger partial charge on any atom is 0.442 e. The van der Waals surface area contributed by atoms with Gasteiger partial charge in [0.15, 0.2) is 0 Å². The van der Waals surface area contributed by atoms with Crippen LogP contribution in [-0.4, -0.2) is 24.0 Å². The monoisotopic (exact) mass is 372 g/mol. The molecule has 1 heterocycles. The van der Waals surface area contributed by atoms with Crippen LogP contribution in [0.1, 0.15) is 5.56 Å². The van der Waals surface area contributed by atoms with Gasteiger partial charge in [-0.05, 0) is 52.4 Å². The number of aryl methyl sites for hydroxylation is 1. The third-order valence-corrected chi connectivity index (χ3v) is 4.73. The predicted octanol–water partition coefficient (Wildman–Crippen LogP) is 2.29. The number of methoxy groups -OCH3 is 1. The Morgan fingerprint density at radius 3 is 2.65 bits per heavy atom. The minimum atomic E-state index is -0.533. The van der Waals surface area contributed by atoms with Crippen molar-refractivity contribution in [3.8, 4) is 11.4 Å². The topological polar surface area (TPSA) is 88.2 Å². The van der Waals surface area contributed by atoms with Crippen LogP contribution in [0.3, 0.4) is 0 Å². The molecule has 0 fully saturated rings. The van der Waals surface area contributed by atoms with E-state index in [0.717, 1.165) is 23.0 Å². The zero-order chi connectivity index (χ0) is 18.5. The van der Waals surface area contributed by atoms with E-state index >= 15 is 0 Å². The molecule has 0 bridgehead atoms. The number of carbonyl (C=O) groups excluding carboxylic acids is 1. The third kappa shape index (κ3) is 3.97. The molecule has 0 aliphatic carbocycles. The number of aromatic nitrogens is 2. The van der Waals surface area contributed by atoms with Crippen LogP contribution in [0.25, 0.3) is 5.69 Å². The molecular weight excluding hydrogens is 354 g/mol. The van der Waals surface area contributed by atoms with Gasteiger partial charge in [0.2, 0.25) is 11.6 Å². The standard InChI is InChI=1S/C18H17N3O4S/c1-12-5-3-4-6-15(12)19-16(22)11-26-17-18(23)25-20-21(17)13-7-9-14(24-2)10-8-13/h3-10H,11H2,1-2H3,(H-,19,20,22,23)/p+1. The summed E-state index contributed by atoms with van der Waals surface area (Å²) in [6.07, 6.45) is 0. The number of H-pyrrole nitrogens is 1. The quantitative estimate of drug-likeness (QED) is 0.512. The number of rotatable bonds is 6. The van der Waals surface area contributed by atoms with Crippen molar-refractivity contribution in [2.24, 2.45) is 0 Å². The minimum Gasteiger partial charge on any atom is -0.497 e. The van der Waals surface area contributed by atoms with Crippen molar-refractivity contribution in [1.29, 1.82) is 0 Å². The second-order valence-electron chi connectivity index (χ2n) is 5.47. The van der Waals surface area contributed by atoms with Crippen molar-refractivity contribution in [2.75, 3.05) is 18.2 Å². The third-order valence-electron chi connectivity index (χ3n) is 3.70. The highest BCUT2D eigenvalue weighted by Gasteiger charge is 2.25. The molecule has 0 unspecified atom stereocenters. The first kappa shape index (κ1) is 17.8. The van der Waals surface area contributed by atoms with Gasteiger partial charge in [-0.15, -0.1) is 0 Å². The van der Waals surface area contributed by atoms with Gasteiger partial charge in [-0.3, -0.25) is 9.32 Å². The Balaban J connectivity index is 1.72. The zero-order valence-electron chi connectivity index (χ0n) is 14.3. The van der Waals surface area contributed by atoms with Crippen molar-refractivity contribution < 1.29 is 18.7 Å². The van der Waals surface area contributed by atoms with Crippen LogP contribution in [0, 0.1) is 6.92 Å². The van der Waals surface area contributed by atoms with Crippen LogP contribution in [-0.2, 0) is 4.79 Å². The number of thioether (sulfide) groups is 1. The Hall–Kier alpha value is -3.00. The Labute approximate surface area is 153 Å². The first-order valence-corrected chi connectivity index (χ1v) is 8.83. The fourth-order valence-corrected chi connectivity index (χ4v) is 3.09. The molecule has 0 saturated heterocycles. The molecule has 26 heavy (non-hydrogen) atoms. The zero-order valence-corrected chi connectivity index (χ0v) is 15.1. The van der Waals surface area contributed by atoms with E-state index in [9.17, 15) is 9.59 Å². The number of carbonyl (C=O) groups is 1. The summed E-state index contributed by atoms with van der Waals surface area (Å²) in [4.78, 5) is 24.2. The van der Waals surface area contributed by atoms with Gasteiger partial charge in [0.05, 0.1) is 12.9 Å². The van der Waals surface area contributed by atoms with E-state index in [-0.39, 0.29) is 16.7 Å². The van der Waals surface area contributed by atoms with Gasteiger partial charge in [0, 0.05) is 17.8 Å². The number of ether oxygens (including phenoxy) is 1. The van der Waals surface area contributed by atoms with E-state index in [1.807, 2.05) is 31.2 Å². The van der Waals surface area contributed by atoms with Crippen molar-refractivity contribution in [3.63, 3.8) is 0 Å². The van der Waals surface area contributed by atoms with Crippen LogP contribution in [0.2, 0.25) is 0 Å². The lowest BCUT2D eigenvalue weighted by atomic mass is 10.2. The molecule has 134 valence electrons. The van der Waals surface area contributed by atoms with E-state index in [0.29, 0.717) is 11.4 Å². The highest BCUT2D eigenvalue weighted by atomic mass is 32.2. The van der Waals surface area contributed by atoms with Gasteiger partial charge in [-0.2, -0.15) is 0 Å². The van der Waals surface area contributed by atoms with Gasteiger partial charge in [-0.1, -0.05) is 18.2 Å². The van der Waals surface area contributed by atoms with Gasteiger partial charge >= 0.3 is 10.7 Å². The Bertz CT molecular complexity index is 963. The number of hydrogen-bond donors (Lipinski definition) is 2. The van der Waals surface area contributed by atoms with Crippen LogP contribution in [0.5, 0.6) is 5.75 Å². The SMILES string of the molecule is COc1ccc(-[n+]2[nH]oc(=O)c2SCC(=O)Nc2ccccc2C)cc1. The summed E-state index contributed by atoms with van der Waals surface area (Å²) in [5.41, 5.74) is 1.88. The number of hydrogen-bond acceptors (Lipinski definition) is 5. The van der Waals surface area contributed by atoms with Crippen molar-refractivity contribution in [2.45, 2.75) is 11.9 Å². The Morgan fingerprint density at radius 1 is 1.23 bits per heavy atom. The first-order chi connectivity index (χ1) is 12.6. The lowest BCUT2D eigenvalue weighted by molar-refractivity contribution is -0.704. The molecular formula is C18H18N3O4S+. The summed E-state index contributed by atoms with van der Waals surface area (Å²) >= 11 is 1.10. The summed E-state index contributed by atoms with van der Waals surface area (Å²) < 4.78 is 11.5. The van der Waals surface area contributed by atoms with E-state index in [4.69, 9.17) is 9.26 Å². The van der Waals surface area contributed by atoms with E-state index < -0.39 is 5.63 Å². The summed E-state index contributed by atoms with van der Waals surface area (Å²) in [6, 6.07) is 14.6. The average Bonchev–Trinajstić information content (AvgIpc) is 3.02. The molecule has 1 amide bonds. The molecule has 0 spiro atoms. The highest BCUT2D eigenvalue weighted by Crippen LogP contribution is 2.16. The summed E-state index contributed by atoms with van der Waals surface area (Å²) in [6.45, 7) is 1.92. The van der Waals surface area contributed by atoms with Crippen molar-refractivity contribution in [1.82, 2.24) is 5.27 Å². The number of para-hydroxylation sites is 1. The number of nitrogens with zero attached hydrogens (tertiary/aromatic N) is 1. The van der Waals surface area contributed by atoms with E-state index in [1.54, 1.807) is 31.4 Å². The van der Waals surface area contributed by atoms with Crippen LogP contribution < -0.4 is 20.4 Å². The fraction of sp³-hybridized carbons (Fsp3) is 0.167. The number of anilines is 1. The summed E-state index contributed by atoms with van der Waals surface area (Å²) in [5.74, 6) is 0.575. The first-order valence-electron chi connectivity index (χ1n) is 7.84. The predicted molar refractivity (Wildman–Crippen MR) is 97.9 cm³/mol. The van der Waals surface area contributed by atoms with Gasteiger partial charge in [0.25, 0.3) is 0 Å². The Kier molecular flexibility index (Phi) is 5.43. The van der Waals surface area contributed by atoms with Gasteiger partial charge < -0.3 is 10.1 Å². The van der Waals surface area contributed by atoms with E-state index in [1.165, 1.54) is 4.68 Å². The van der Waals surface area contributed by atoms with Crippen LogP contribution >= 0.6 is 11.8 Å². The second-order valence-corrected chi connectivity index (χ2v) is 6.44. The largest absolute Gasteiger partial charge is 0.497 e. The number of aromatic amines is 1. The highest BCUT2D eigenvalue weighted by molar-refractivity contribution is 7.99. The summed E-state index contributed by atoms with van der Waals surface area (Å²) in [5, 5.41) is 5.67. The fourth-order valence-electron chi connectivity index (χ4n) is 2.32. The molecule has 8 heteroatoms. The maximum absolute atomic E-state index is 12.2. The molecule has 1 aromatic heterocycles. The summed E-state index contributed by atoms with van der Waals surface area (Å²) in [7, 11) is 1.58. The lowest BCUT2D eigenvalue weighted by Gasteiger charge is -2.06. The molecule has 0 radical (unpaired) electrons. The number of amides is 1. The molecule has 3 aromatic rings. The molecule has 3 rings (SSSR count). The molecule has 2 N–H and O–H groups in total. The lowest BCUT2D eigenvalue weighted by Crippen LogP contribution is -2.36. The van der Waals surface area contributed by atoms with Crippen molar-refractivity contribution in [3.05, 3.63) is 64.5 Å². The Morgan fingerprint density at radius 2 is 1.96 bits per heavy atom. The van der Waals surface area contributed by atoms with Crippen LogP contribution in [0.4, 0.5) is 5.69 Å². The molecule has 0 aliphatic heterocycles. The maximum atomic E-state index is 12.2. The smallest absolute Gasteiger partial charge is 0.442 e. The van der Waals surface area contributed by atoms with Crippen LogP contribution in [0.15, 0.2) is 62.9 Å². The second kappa shape index (κ2) is 7.92. The van der Waals surface area contributed by atoms with Crippen molar-refractivity contribution >= 4 is 23.4 Å².